The van der Waals surface area contributed by atoms with Crippen LogP contribution in [-0.2, 0) is 0 Å². The second kappa shape index (κ2) is 8.97. The van der Waals surface area contributed by atoms with Crippen LogP contribution in [0.1, 0.15) is 45.6 Å². The van der Waals surface area contributed by atoms with Crippen molar-refractivity contribution in [3.8, 4) is 0 Å². The van der Waals surface area contributed by atoms with Gasteiger partial charge >= 0.3 is 186 Å². The number of rotatable bonds is 6. The summed E-state index contributed by atoms with van der Waals surface area (Å²) in [7, 11) is 0. The summed E-state index contributed by atoms with van der Waals surface area (Å²) in [6.07, 6.45) is 8.17. The summed E-state index contributed by atoms with van der Waals surface area (Å²) in [6.45, 7) is 6.23. The fourth-order valence-corrected chi connectivity index (χ4v) is 5.92. The standard InChI is InChI=1S/C21H24AsBrN5O/c1-3-27(4-2)16-9-10-18(24-13-16)22-21-25-12-14-11-17(23)20(29)28(19(14)26-21)15-7-5-6-8-15/h9-13,15H,3-8H2,1-2H3. The Bertz CT molecular complexity index is 1060. The molecule has 0 unspecified atom stereocenters. The second-order valence-corrected chi connectivity index (χ2v) is 10.3. The number of aromatic nitrogens is 4. The second-order valence-electron chi connectivity index (χ2n) is 7.21. The zero-order valence-corrected chi connectivity index (χ0v) is 20.1. The molecule has 0 spiro atoms. The minimum absolute atomic E-state index is 0.00648. The molecule has 0 aliphatic heterocycles. The van der Waals surface area contributed by atoms with E-state index in [-0.39, 0.29) is 11.6 Å². The van der Waals surface area contributed by atoms with Gasteiger partial charge in [0.05, 0.1) is 0 Å². The summed E-state index contributed by atoms with van der Waals surface area (Å²) in [5.41, 5.74) is 1.90. The summed E-state index contributed by atoms with van der Waals surface area (Å²) in [5, 5.41) is 0.901. The van der Waals surface area contributed by atoms with E-state index in [0.717, 1.165) is 64.6 Å². The average Bonchev–Trinajstić information content (AvgIpc) is 3.26. The molecule has 3 heterocycles. The number of nitrogens with zero attached hydrogens (tertiary/aromatic N) is 5. The van der Waals surface area contributed by atoms with Gasteiger partial charge < -0.3 is 0 Å². The van der Waals surface area contributed by atoms with Crippen LogP contribution in [0.25, 0.3) is 11.0 Å². The Labute approximate surface area is 185 Å². The number of hydrogen-bond acceptors (Lipinski definition) is 5. The van der Waals surface area contributed by atoms with Crippen molar-refractivity contribution in [2.45, 2.75) is 45.6 Å². The Hall–Kier alpha value is -1.72. The molecule has 29 heavy (non-hydrogen) atoms. The van der Waals surface area contributed by atoms with E-state index in [1.165, 1.54) is 0 Å². The molecule has 4 rings (SSSR count). The van der Waals surface area contributed by atoms with Crippen molar-refractivity contribution in [2.75, 3.05) is 18.0 Å². The van der Waals surface area contributed by atoms with Crippen molar-refractivity contribution in [1.29, 1.82) is 0 Å². The van der Waals surface area contributed by atoms with Gasteiger partial charge in [0.25, 0.3) is 0 Å². The molecule has 1 aliphatic carbocycles. The molecular weight excluding hydrogens is 493 g/mol. The van der Waals surface area contributed by atoms with E-state index in [0.29, 0.717) is 4.47 Å². The maximum atomic E-state index is 12.8. The topological polar surface area (TPSA) is 63.9 Å². The van der Waals surface area contributed by atoms with Crippen molar-refractivity contribution in [3.63, 3.8) is 0 Å². The Morgan fingerprint density at radius 1 is 1.17 bits per heavy atom. The quantitative estimate of drug-likeness (QED) is 0.471. The third-order valence-corrected chi connectivity index (χ3v) is 7.96. The van der Waals surface area contributed by atoms with E-state index in [9.17, 15) is 4.79 Å². The molecule has 1 fully saturated rings. The van der Waals surface area contributed by atoms with Gasteiger partial charge in [0.2, 0.25) is 0 Å². The van der Waals surface area contributed by atoms with Crippen molar-refractivity contribution >= 4 is 57.5 Å². The molecule has 0 aromatic carbocycles. The first kappa shape index (κ1) is 20.5. The van der Waals surface area contributed by atoms with E-state index in [1.807, 2.05) is 23.0 Å². The van der Waals surface area contributed by atoms with E-state index >= 15 is 0 Å². The zero-order valence-electron chi connectivity index (χ0n) is 16.7. The van der Waals surface area contributed by atoms with Gasteiger partial charge in [0.15, 0.2) is 0 Å². The van der Waals surface area contributed by atoms with Crippen LogP contribution < -0.4 is 19.6 Å². The van der Waals surface area contributed by atoms with Gasteiger partial charge in [-0.25, -0.2) is 0 Å². The number of fused-ring (bicyclic) bond motifs is 1. The van der Waals surface area contributed by atoms with Crippen molar-refractivity contribution in [1.82, 2.24) is 19.5 Å². The summed E-state index contributed by atoms with van der Waals surface area (Å²) >= 11 is 2.98. The number of pyridine rings is 2. The number of halogens is 1. The van der Waals surface area contributed by atoms with Gasteiger partial charge in [0.1, 0.15) is 0 Å². The first-order valence-electron chi connectivity index (χ1n) is 10.1. The van der Waals surface area contributed by atoms with E-state index < -0.39 is 15.8 Å². The summed E-state index contributed by atoms with van der Waals surface area (Å²) < 4.78 is 4.26. The van der Waals surface area contributed by atoms with Gasteiger partial charge in [-0.2, -0.15) is 0 Å². The Balaban J connectivity index is 1.67. The molecule has 1 aliphatic rings. The number of anilines is 1. The maximum absolute atomic E-state index is 12.8. The third-order valence-electron chi connectivity index (χ3n) is 5.48. The molecular formula is C21H24AsBrN5O. The van der Waals surface area contributed by atoms with E-state index in [1.54, 1.807) is 0 Å². The third kappa shape index (κ3) is 4.26. The fourth-order valence-electron chi connectivity index (χ4n) is 3.96. The molecule has 8 heteroatoms. The Morgan fingerprint density at radius 3 is 2.59 bits per heavy atom. The molecule has 0 atom stereocenters. The molecule has 3 aromatic heterocycles. The van der Waals surface area contributed by atoms with Crippen molar-refractivity contribution in [2.24, 2.45) is 0 Å². The summed E-state index contributed by atoms with van der Waals surface area (Å²) in [5.74, 6) is 0. The molecule has 3 aromatic rings. The Kier molecular flexibility index (Phi) is 6.35. The van der Waals surface area contributed by atoms with Crippen LogP contribution in [0.2, 0.25) is 0 Å². The molecule has 0 N–H and O–H groups in total. The first-order chi connectivity index (χ1) is 14.1. The molecule has 1 saturated carbocycles. The van der Waals surface area contributed by atoms with Crippen LogP contribution in [0.5, 0.6) is 0 Å². The molecule has 0 saturated heterocycles. The normalized spacial score (nSPS) is 15.0. The van der Waals surface area contributed by atoms with Crippen LogP contribution in [0.15, 0.2) is 39.9 Å². The summed E-state index contributed by atoms with van der Waals surface area (Å²) in [4.78, 5) is 29.2. The average molecular weight is 517 g/mol. The van der Waals surface area contributed by atoms with Gasteiger partial charge in [0, 0.05) is 0 Å². The van der Waals surface area contributed by atoms with Crippen molar-refractivity contribution in [3.05, 3.63) is 45.4 Å². The number of hydrogen-bond donors (Lipinski definition) is 0. The molecule has 0 bridgehead atoms. The van der Waals surface area contributed by atoms with E-state index in [2.05, 4.69) is 56.8 Å². The van der Waals surface area contributed by atoms with Crippen LogP contribution in [-0.4, -0.2) is 48.4 Å². The monoisotopic (exact) mass is 516 g/mol. The zero-order chi connectivity index (χ0) is 20.4. The van der Waals surface area contributed by atoms with Gasteiger partial charge in [-0.3, -0.25) is 0 Å². The predicted octanol–water partition coefficient (Wildman–Crippen LogP) is 2.57. The fraction of sp³-hybridized carbons (Fsp3) is 0.429. The van der Waals surface area contributed by atoms with Gasteiger partial charge in [-0.1, -0.05) is 0 Å². The first-order valence-corrected chi connectivity index (χ1v) is 12.8. The van der Waals surface area contributed by atoms with Gasteiger partial charge in [-0.05, 0) is 0 Å². The van der Waals surface area contributed by atoms with Crippen LogP contribution >= 0.6 is 15.9 Å². The van der Waals surface area contributed by atoms with E-state index in [4.69, 9.17) is 4.98 Å². The minimum atomic E-state index is -0.440. The molecule has 151 valence electrons. The molecule has 0 amide bonds. The summed E-state index contributed by atoms with van der Waals surface area (Å²) in [6, 6.07) is 6.26. The predicted molar refractivity (Wildman–Crippen MR) is 122 cm³/mol. The van der Waals surface area contributed by atoms with Crippen molar-refractivity contribution < 1.29 is 0 Å². The van der Waals surface area contributed by atoms with Crippen LogP contribution in [0.4, 0.5) is 5.69 Å². The molecule has 6 nitrogen and oxygen atoms in total. The van der Waals surface area contributed by atoms with Gasteiger partial charge in [-0.15, -0.1) is 0 Å². The van der Waals surface area contributed by atoms with Crippen LogP contribution in [0, 0.1) is 0 Å². The van der Waals surface area contributed by atoms with Crippen LogP contribution in [0.3, 0.4) is 0 Å². The molecule has 1 radical (unpaired) electrons. The Morgan fingerprint density at radius 2 is 1.93 bits per heavy atom. The SMILES string of the molecule is CCN(CC)c1ccc([As]c2ncc3cc(Br)c(=O)n(C4CCCC4)c3n2)nc1.